The van der Waals surface area contributed by atoms with E-state index < -0.39 is 5.97 Å². The summed E-state index contributed by atoms with van der Waals surface area (Å²) in [6, 6.07) is 5.33. The van der Waals surface area contributed by atoms with Crippen molar-refractivity contribution in [2.24, 2.45) is 0 Å². The summed E-state index contributed by atoms with van der Waals surface area (Å²) in [6.07, 6.45) is 0. The molecular formula is C10H8BrNO3. The molecule has 5 heteroatoms. The van der Waals surface area contributed by atoms with Crippen molar-refractivity contribution in [2.75, 3.05) is 6.54 Å². The number of carbonyl (C=O) groups excluding carboxylic acids is 1. The van der Waals surface area contributed by atoms with Gasteiger partial charge in [0.2, 0.25) is 0 Å². The highest BCUT2D eigenvalue weighted by molar-refractivity contribution is 9.10. The van der Waals surface area contributed by atoms with Crippen molar-refractivity contribution in [2.45, 2.75) is 6.54 Å². The van der Waals surface area contributed by atoms with Crippen molar-refractivity contribution in [3.8, 4) is 0 Å². The second kappa shape index (κ2) is 3.66. The SMILES string of the molecule is O=C(O)CN1Cc2c(Br)cccc2C1=O. The lowest BCUT2D eigenvalue weighted by Crippen LogP contribution is -2.29. The maximum absolute atomic E-state index is 11.7. The average molecular weight is 270 g/mol. The lowest BCUT2D eigenvalue weighted by Gasteiger charge is -2.11. The Morgan fingerprint density at radius 2 is 2.27 bits per heavy atom. The van der Waals surface area contributed by atoms with Gasteiger partial charge in [0.25, 0.3) is 5.91 Å². The van der Waals surface area contributed by atoms with E-state index >= 15 is 0 Å². The molecule has 1 heterocycles. The third-order valence-corrected chi connectivity index (χ3v) is 3.05. The Morgan fingerprint density at radius 3 is 2.87 bits per heavy atom. The van der Waals surface area contributed by atoms with E-state index in [0.717, 1.165) is 10.0 Å². The zero-order valence-corrected chi connectivity index (χ0v) is 9.32. The molecule has 4 nitrogen and oxygen atoms in total. The Balaban J connectivity index is 2.33. The molecule has 0 radical (unpaired) electrons. The summed E-state index contributed by atoms with van der Waals surface area (Å²) in [7, 11) is 0. The van der Waals surface area contributed by atoms with Crippen LogP contribution in [0.4, 0.5) is 0 Å². The van der Waals surface area contributed by atoms with E-state index in [0.29, 0.717) is 12.1 Å². The Kier molecular flexibility index (Phi) is 2.48. The smallest absolute Gasteiger partial charge is 0.323 e. The van der Waals surface area contributed by atoms with Crippen LogP contribution >= 0.6 is 15.9 Å². The number of amides is 1. The summed E-state index contributed by atoms with van der Waals surface area (Å²) in [6.45, 7) is 0.113. The number of halogens is 1. The highest BCUT2D eigenvalue weighted by Crippen LogP contribution is 2.28. The maximum Gasteiger partial charge on any atom is 0.323 e. The van der Waals surface area contributed by atoms with Crippen LogP contribution in [0.5, 0.6) is 0 Å². The summed E-state index contributed by atoms with van der Waals surface area (Å²) >= 11 is 3.34. The molecule has 0 unspecified atom stereocenters. The zero-order valence-electron chi connectivity index (χ0n) is 7.74. The summed E-state index contributed by atoms with van der Waals surface area (Å²) < 4.78 is 0.848. The molecule has 1 aliphatic rings. The predicted molar refractivity (Wildman–Crippen MR) is 56.5 cm³/mol. The van der Waals surface area contributed by atoms with Crippen molar-refractivity contribution in [1.29, 1.82) is 0 Å². The molecule has 0 aliphatic carbocycles. The number of carboxylic acid groups (broad SMARTS) is 1. The van der Waals surface area contributed by atoms with Gasteiger partial charge in [0.05, 0.1) is 0 Å². The van der Waals surface area contributed by atoms with Gasteiger partial charge in [-0.15, -0.1) is 0 Å². The van der Waals surface area contributed by atoms with Crippen LogP contribution in [0.3, 0.4) is 0 Å². The molecule has 0 aromatic heterocycles. The van der Waals surface area contributed by atoms with E-state index in [1.807, 2.05) is 6.07 Å². The minimum Gasteiger partial charge on any atom is -0.480 e. The van der Waals surface area contributed by atoms with E-state index in [-0.39, 0.29) is 12.5 Å². The van der Waals surface area contributed by atoms with Crippen molar-refractivity contribution >= 4 is 27.8 Å². The van der Waals surface area contributed by atoms with Gasteiger partial charge in [0.15, 0.2) is 0 Å². The minimum atomic E-state index is -0.993. The first kappa shape index (κ1) is 10.2. The number of rotatable bonds is 2. The van der Waals surface area contributed by atoms with Gasteiger partial charge in [0.1, 0.15) is 6.54 Å². The van der Waals surface area contributed by atoms with Crippen molar-refractivity contribution in [3.63, 3.8) is 0 Å². The van der Waals surface area contributed by atoms with E-state index in [4.69, 9.17) is 5.11 Å². The largest absolute Gasteiger partial charge is 0.480 e. The van der Waals surface area contributed by atoms with Crippen LogP contribution < -0.4 is 0 Å². The van der Waals surface area contributed by atoms with Crippen molar-refractivity contribution in [1.82, 2.24) is 4.90 Å². The predicted octanol–water partition coefficient (Wildman–Crippen LogP) is 1.49. The fourth-order valence-corrected chi connectivity index (χ4v) is 2.14. The highest BCUT2D eigenvalue weighted by Gasteiger charge is 2.29. The molecular weight excluding hydrogens is 262 g/mol. The van der Waals surface area contributed by atoms with Gasteiger partial charge in [-0.25, -0.2) is 0 Å². The van der Waals surface area contributed by atoms with Crippen LogP contribution in [0.15, 0.2) is 22.7 Å². The van der Waals surface area contributed by atoms with Gasteiger partial charge in [-0.05, 0) is 17.7 Å². The number of nitrogens with zero attached hydrogens (tertiary/aromatic N) is 1. The molecule has 0 saturated heterocycles. The minimum absolute atomic E-state index is 0.214. The molecule has 0 atom stereocenters. The summed E-state index contributed by atoms with van der Waals surface area (Å²) in [5, 5.41) is 8.63. The van der Waals surface area contributed by atoms with Gasteiger partial charge >= 0.3 is 5.97 Å². The van der Waals surface area contributed by atoms with Gasteiger partial charge in [-0.3, -0.25) is 9.59 Å². The standard InChI is InChI=1S/C10H8BrNO3/c11-8-3-1-2-6-7(8)4-12(10(6)15)5-9(13)14/h1-3H,4-5H2,(H,13,14). The number of carboxylic acids is 1. The lowest BCUT2D eigenvalue weighted by atomic mass is 10.1. The van der Waals surface area contributed by atoms with Crippen LogP contribution in [-0.2, 0) is 11.3 Å². The second-order valence-corrected chi connectivity index (χ2v) is 4.18. The van der Waals surface area contributed by atoms with Gasteiger partial charge < -0.3 is 10.0 Å². The fraction of sp³-hybridized carbons (Fsp3) is 0.200. The molecule has 0 saturated carbocycles. The third-order valence-electron chi connectivity index (χ3n) is 2.31. The second-order valence-electron chi connectivity index (χ2n) is 3.32. The van der Waals surface area contributed by atoms with Crippen LogP contribution in [0.2, 0.25) is 0 Å². The van der Waals surface area contributed by atoms with Gasteiger partial charge in [-0.2, -0.15) is 0 Å². The molecule has 1 aliphatic heterocycles. The molecule has 0 fully saturated rings. The Bertz CT molecular complexity index is 444. The molecule has 1 amide bonds. The van der Waals surface area contributed by atoms with E-state index in [9.17, 15) is 9.59 Å². The lowest BCUT2D eigenvalue weighted by molar-refractivity contribution is -0.137. The number of carbonyl (C=O) groups is 2. The summed E-state index contributed by atoms with van der Waals surface area (Å²) in [5.74, 6) is -1.21. The van der Waals surface area contributed by atoms with Gasteiger partial charge in [-0.1, -0.05) is 22.0 Å². The topological polar surface area (TPSA) is 57.6 Å². The molecule has 1 aromatic rings. The molecule has 1 aromatic carbocycles. The molecule has 1 N–H and O–H groups in total. The van der Waals surface area contributed by atoms with E-state index in [2.05, 4.69) is 15.9 Å². The number of fused-ring (bicyclic) bond motifs is 1. The quantitative estimate of drug-likeness (QED) is 0.885. The molecule has 15 heavy (non-hydrogen) atoms. The van der Waals surface area contributed by atoms with Crippen molar-refractivity contribution < 1.29 is 14.7 Å². The fourth-order valence-electron chi connectivity index (χ4n) is 1.64. The highest BCUT2D eigenvalue weighted by atomic mass is 79.9. The summed E-state index contributed by atoms with van der Waals surface area (Å²) in [4.78, 5) is 23.6. The molecule has 0 spiro atoms. The van der Waals surface area contributed by atoms with Gasteiger partial charge in [0, 0.05) is 16.6 Å². The first-order chi connectivity index (χ1) is 7.09. The normalized spacial score (nSPS) is 14.2. The van der Waals surface area contributed by atoms with E-state index in [1.165, 1.54) is 4.90 Å². The first-order valence-corrected chi connectivity index (χ1v) is 5.17. The summed E-state index contributed by atoms with van der Waals surface area (Å²) in [5.41, 5.74) is 1.45. The Morgan fingerprint density at radius 1 is 1.53 bits per heavy atom. The van der Waals surface area contributed by atoms with Crippen LogP contribution in [0.25, 0.3) is 0 Å². The molecule has 0 bridgehead atoms. The molecule has 78 valence electrons. The zero-order chi connectivity index (χ0) is 11.0. The van der Waals surface area contributed by atoms with Crippen molar-refractivity contribution in [3.05, 3.63) is 33.8 Å². The average Bonchev–Trinajstić information content (AvgIpc) is 2.46. The number of hydrogen-bond acceptors (Lipinski definition) is 2. The molecule has 2 rings (SSSR count). The monoisotopic (exact) mass is 269 g/mol. The Hall–Kier alpha value is -1.36. The number of benzene rings is 1. The van der Waals surface area contributed by atoms with Crippen LogP contribution in [0, 0.1) is 0 Å². The van der Waals surface area contributed by atoms with E-state index in [1.54, 1.807) is 12.1 Å². The van der Waals surface area contributed by atoms with Crippen LogP contribution in [0.1, 0.15) is 15.9 Å². The van der Waals surface area contributed by atoms with Crippen LogP contribution in [-0.4, -0.2) is 28.4 Å². The number of hydrogen-bond donors (Lipinski definition) is 1. The first-order valence-electron chi connectivity index (χ1n) is 4.38. The Labute approximate surface area is 94.6 Å². The number of aliphatic carboxylic acids is 1. The third kappa shape index (κ3) is 1.74. The maximum atomic E-state index is 11.7.